The lowest BCUT2D eigenvalue weighted by Gasteiger charge is -2.05. The topological polar surface area (TPSA) is 78.5 Å². The molecule has 0 bridgehead atoms. The van der Waals surface area contributed by atoms with Gasteiger partial charge in [0.05, 0.1) is 11.4 Å². The van der Waals surface area contributed by atoms with E-state index >= 15 is 0 Å². The Morgan fingerprint density at radius 2 is 2.11 bits per heavy atom. The Kier molecular flexibility index (Phi) is 2.24. The fourth-order valence-electron chi connectivity index (χ4n) is 2.01. The highest BCUT2D eigenvalue weighted by atomic mass is 14.7. The van der Waals surface area contributed by atoms with Crippen LogP contribution in [0.5, 0.6) is 0 Å². The molecule has 3 rings (SSSR count). The van der Waals surface area contributed by atoms with Crippen molar-refractivity contribution in [3.8, 4) is 17.3 Å². The summed E-state index contributed by atoms with van der Waals surface area (Å²) >= 11 is 0. The number of pyridine rings is 1. The fourth-order valence-corrected chi connectivity index (χ4v) is 2.01. The maximum atomic E-state index is 9.16. The number of aromatic amines is 1. The minimum atomic E-state index is 0.424. The predicted molar refractivity (Wildman–Crippen MR) is 70.7 cm³/mol. The predicted octanol–water partition coefficient (Wildman–Crippen LogP) is 2.68. The van der Waals surface area contributed by atoms with Gasteiger partial charge in [-0.05, 0) is 24.3 Å². The van der Waals surface area contributed by atoms with Crippen LogP contribution in [0.25, 0.3) is 22.2 Å². The van der Waals surface area contributed by atoms with Crippen molar-refractivity contribution in [1.82, 2.24) is 9.97 Å². The first-order valence-electron chi connectivity index (χ1n) is 5.51. The van der Waals surface area contributed by atoms with Gasteiger partial charge in [0.1, 0.15) is 11.6 Å². The van der Waals surface area contributed by atoms with Crippen molar-refractivity contribution in [2.24, 2.45) is 0 Å². The molecule has 0 aliphatic heterocycles. The van der Waals surface area contributed by atoms with E-state index in [0.717, 1.165) is 16.5 Å². The third-order valence-electron chi connectivity index (χ3n) is 2.92. The van der Waals surface area contributed by atoms with Crippen LogP contribution >= 0.6 is 0 Å². The first kappa shape index (κ1) is 10.4. The number of nitriles is 1. The Morgan fingerprint density at radius 1 is 1.22 bits per heavy atom. The number of anilines is 1. The Labute approximate surface area is 104 Å². The molecule has 3 N–H and O–H groups in total. The van der Waals surface area contributed by atoms with E-state index in [4.69, 9.17) is 11.0 Å². The zero-order valence-corrected chi connectivity index (χ0v) is 9.51. The maximum Gasteiger partial charge on any atom is 0.104 e. The molecule has 2 heterocycles. The summed E-state index contributed by atoms with van der Waals surface area (Å²) in [6, 6.07) is 11.6. The van der Waals surface area contributed by atoms with Crippen molar-refractivity contribution in [3.05, 3.63) is 48.3 Å². The van der Waals surface area contributed by atoms with Gasteiger partial charge in [0.25, 0.3) is 0 Å². The van der Waals surface area contributed by atoms with E-state index in [2.05, 4.69) is 16.0 Å². The lowest BCUT2D eigenvalue weighted by molar-refractivity contribution is 1.30. The average Bonchev–Trinajstić information content (AvgIpc) is 2.85. The molecule has 0 saturated carbocycles. The fraction of sp³-hybridized carbons (Fsp3) is 0. The van der Waals surface area contributed by atoms with Gasteiger partial charge in [-0.1, -0.05) is 6.07 Å². The van der Waals surface area contributed by atoms with Crippen molar-refractivity contribution in [1.29, 1.82) is 5.26 Å². The van der Waals surface area contributed by atoms with Crippen LogP contribution in [0.1, 0.15) is 5.56 Å². The lowest BCUT2D eigenvalue weighted by Crippen LogP contribution is -1.95. The molecule has 0 amide bonds. The number of H-pyrrole nitrogens is 1. The summed E-state index contributed by atoms with van der Waals surface area (Å²) in [5.74, 6) is 0. The quantitative estimate of drug-likeness (QED) is 0.679. The van der Waals surface area contributed by atoms with Crippen LogP contribution < -0.4 is 5.73 Å². The number of aromatic nitrogens is 2. The Bertz CT molecular complexity index is 765. The van der Waals surface area contributed by atoms with E-state index in [-0.39, 0.29) is 0 Å². The van der Waals surface area contributed by atoms with Gasteiger partial charge in [0, 0.05) is 28.9 Å². The van der Waals surface area contributed by atoms with Crippen molar-refractivity contribution < 1.29 is 0 Å². The van der Waals surface area contributed by atoms with Crippen molar-refractivity contribution >= 4 is 16.6 Å². The number of rotatable bonds is 1. The SMILES string of the molecule is N#Cc1c(N)ccnc1-c1ccc2[nH]ccc2c1. The van der Waals surface area contributed by atoms with E-state index in [0.29, 0.717) is 16.9 Å². The molecule has 4 nitrogen and oxygen atoms in total. The van der Waals surface area contributed by atoms with Crippen LogP contribution in [-0.2, 0) is 0 Å². The minimum absolute atomic E-state index is 0.424. The third-order valence-corrected chi connectivity index (χ3v) is 2.92. The second-order valence-corrected chi connectivity index (χ2v) is 4.02. The van der Waals surface area contributed by atoms with E-state index in [1.165, 1.54) is 0 Å². The smallest absolute Gasteiger partial charge is 0.104 e. The average molecular weight is 234 g/mol. The third kappa shape index (κ3) is 1.50. The molecule has 0 spiro atoms. The molecule has 4 heteroatoms. The van der Waals surface area contributed by atoms with Gasteiger partial charge in [-0.25, -0.2) is 0 Å². The van der Waals surface area contributed by atoms with Gasteiger partial charge < -0.3 is 10.7 Å². The van der Waals surface area contributed by atoms with Gasteiger partial charge in [-0.3, -0.25) is 4.98 Å². The highest BCUT2D eigenvalue weighted by Gasteiger charge is 2.10. The summed E-state index contributed by atoms with van der Waals surface area (Å²) in [5, 5.41) is 10.2. The largest absolute Gasteiger partial charge is 0.398 e. The van der Waals surface area contributed by atoms with Gasteiger partial charge in [0.15, 0.2) is 0 Å². The minimum Gasteiger partial charge on any atom is -0.398 e. The Hall–Kier alpha value is -2.80. The Balaban J connectivity index is 2.26. The van der Waals surface area contributed by atoms with E-state index < -0.39 is 0 Å². The van der Waals surface area contributed by atoms with Crippen molar-refractivity contribution in [2.45, 2.75) is 0 Å². The molecule has 0 unspecified atom stereocenters. The molecule has 18 heavy (non-hydrogen) atoms. The van der Waals surface area contributed by atoms with E-state index in [9.17, 15) is 0 Å². The number of nitrogens with one attached hydrogen (secondary N) is 1. The summed E-state index contributed by atoms with van der Waals surface area (Å²) in [6.45, 7) is 0. The lowest BCUT2D eigenvalue weighted by atomic mass is 10.0. The molecule has 0 radical (unpaired) electrons. The van der Waals surface area contributed by atoms with Crippen LogP contribution in [0.2, 0.25) is 0 Å². The number of hydrogen-bond acceptors (Lipinski definition) is 3. The number of fused-ring (bicyclic) bond motifs is 1. The molecule has 3 aromatic rings. The van der Waals surface area contributed by atoms with E-state index in [1.54, 1.807) is 12.3 Å². The highest BCUT2D eigenvalue weighted by Crippen LogP contribution is 2.27. The molecule has 0 aliphatic carbocycles. The molecule has 1 aromatic carbocycles. The summed E-state index contributed by atoms with van der Waals surface area (Å²) in [7, 11) is 0. The van der Waals surface area contributed by atoms with Crippen LogP contribution in [0.4, 0.5) is 5.69 Å². The molecule has 0 saturated heterocycles. The maximum absolute atomic E-state index is 9.16. The standard InChI is InChI=1S/C14H10N4/c15-8-11-12(16)4-6-18-14(11)10-1-2-13-9(7-10)3-5-17-13/h1-7,17H,(H2,16,18). The first-order valence-corrected chi connectivity index (χ1v) is 5.51. The van der Waals surface area contributed by atoms with Crippen LogP contribution in [0.3, 0.4) is 0 Å². The van der Waals surface area contributed by atoms with Crippen LogP contribution in [0, 0.1) is 11.3 Å². The van der Waals surface area contributed by atoms with Gasteiger partial charge in [-0.2, -0.15) is 5.26 Å². The Morgan fingerprint density at radius 3 is 2.94 bits per heavy atom. The zero-order valence-electron chi connectivity index (χ0n) is 9.51. The monoisotopic (exact) mass is 234 g/mol. The molecule has 0 atom stereocenters. The summed E-state index contributed by atoms with van der Waals surface area (Å²) in [4.78, 5) is 7.39. The molecule has 86 valence electrons. The van der Waals surface area contributed by atoms with E-state index in [1.807, 2.05) is 30.5 Å². The van der Waals surface area contributed by atoms with Gasteiger partial charge in [-0.15, -0.1) is 0 Å². The molecule has 2 aromatic heterocycles. The number of nitrogens with two attached hydrogens (primary N) is 1. The van der Waals surface area contributed by atoms with Gasteiger partial charge >= 0.3 is 0 Å². The van der Waals surface area contributed by atoms with Gasteiger partial charge in [0.2, 0.25) is 0 Å². The summed E-state index contributed by atoms with van der Waals surface area (Å²) < 4.78 is 0. The molecular weight excluding hydrogens is 224 g/mol. The number of nitrogens with zero attached hydrogens (tertiary/aromatic N) is 2. The molecule has 0 aliphatic rings. The zero-order chi connectivity index (χ0) is 12.5. The molecular formula is C14H10N4. The second-order valence-electron chi connectivity index (χ2n) is 4.02. The normalized spacial score (nSPS) is 10.4. The number of nitrogen functional groups attached to an aromatic ring is 1. The number of benzene rings is 1. The van der Waals surface area contributed by atoms with Crippen LogP contribution in [0.15, 0.2) is 42.7 Å². The highest BCUT2D eigenvalue weighted by molar-refractivity contribution is 5.86. The summed E-state index contributed by atoms with van der Waals surface area (Å²) in [5.41, 5.74) is 9.25. The number of hydrogen-bond donors (Lipinski definition) is 2. The second kappa shape index (κ2) is 3.90. The summed E-state index contributed by atoms with van der Waals surface area (Å²) in [6.07, 6.45) is 3.50. The first-order chi connectivity index (χ1) is 8.79. The van der Waals surface area contributed by atoms with Crippen LogP contribution in [-0.4, -0.2) is 9.97 Å². The van der Waals surface area contributed by atoms with Crippen molar-refractivity contribution in [2.75, 3.05) is 5.73 Å². The molecule has 0 fully saturated rings. The van der Waals surface area contributed by atoms with Crippen molar-refractivity contribution in [3.63, 3.8) is 0 Å².